The van der Waals surface area contributed by atoms with Crippen LogP contribution in [0, 0.1) is 6.92 Å². The first-order chi connectivity index (χ1) is 11.0. The number of hydrogen-bond donors (Lipinski definition) is 2. The van der Waals surface area contributed by atoms with Crippen LogP contribution in [-0.2, 0) is 16.0 Å². The number of hydrogen-bond acceptors (Lipinski definition) is 5. The maximum Gasteiger partial charge on any atom is 0.279 e. The van der Waals surface area contributed by atoms with E-state index in [0.29, 0.717) is 17.5 Å². The highest BCUT2D eigenvalue weighted by Crippen LogP contribution is 2.22. The van der Waals surface area contributed by atoms with Crippen LogP contribution >= 0.6 is 11.3 Å². The number of nitrogens with zero attached hydrogens (tertiary/aromatic N) is 1. The van der Waals surface area contributed by atoms with Crippen LogP contribution in [0.15, 0.2) is 6.07 Å². The van der Waals surface area contributed by atoms with E-state index in [-0.39, 0.29) is 11.8 Å². The van der Waals surface area contributed by atoms with E-state index in [2.05, 4.69) is 22.7 Å². The van der Waals surface area contributed by atoms with Gasteiger partial charge in [0.25, 0.3) is 11.8 Å². The maximum atomic E-state index is 12.1. The summed E-state index contributed by atoms with van der Waals surface area (Å²) in [5, 5.41) is 0. The molecule has 0 aliphatic carbocycles. The summed E-state index contributed by atoms with van der Waals surface area (Å²) in [6.45, 7) is 6.03. The van der Waals surface area contributed by atoms with E-state index in [1.807, 2.05) is 13.0 Å². The molecule has 0 aromatic carbocycles. The van der Waals surface area contributed by atoms with Gasteiger partial charge in [0.2, 0.25) is 0 Å². The van der Waals surface area contributed by atoms with Crippen LogP contribution in [0.2, 0.25) is 0 Å². The lowest BCUT2D eigenvalue weighted by atomic mass is 10.1. The molecule has 0 radical (unpaired) electrons. The van der Waals surface area contributed by atoms with E-state index in [1.54, 1.807) is 7.11 Å². The lowest BCUT2D eigenvalue weighted by molar-refractivity contribution is -0.123. The molecule has 7 heteroatoms. The average Bonchev–Trinajstić information content (AvgIpc) is 2.94. The summed E-state index contributed by atoms with van der Waals surface area (Å²) in [7, 11) is 1.72. The molecule has 2 N–H and O–H groups in total. The van der Waals surface area contributed by atoms with Gasteiger partial charge in [0.15, 0.2) is 0 Å². The van der Waals surface area contributed by atoms with Crippen molar-refractivity contribution in [3.8, 4) is 0 Å². The fourth-order valence-corrected chi connectivity index (χ4v) is 3.73. The van der Waals surface area contributed by atoms with Crippen LogP contribution in [0.3, 0.4) is 0 Å². The minimum Gasteiger partial charge on any atom is -0.381 e. The molecule has 2 heterocycles. The number of carbonyl (C=O) groups excluding carboxylic acids is 2. The van der Waals surface area contributed by atoms with Crippen LogP contribution in [0.25, 0.3) is 0 Å². The lowest BCUT2D eigenvalue weighted by Gasteiger charge is -2.30. The molecule has 0 saturated carbocycles. The van der Waals surface area contributed by atoms with Crippen molar-refractivity contribution in [2.24, 2.45) is 0 Å². The number of carbonyl (C=O) groups is 2. The predicted octanol–water partition coefficient (Wildman–Crippen LogP) is 1.49. The summed E-state index contributed by atoms with van der Waals surface area (Å²) in [5.41, 5.74) is 6.11. The molecule has 1 saturated heterocycles. The van der Waals surface area contributed by atoms with E-state index in [4.69, 9.17) is 4.74 Å². The summed E-state index contributed by atoms with van der Waals surface area (Å²) in [6, 6.07) is 1.86. The number of nitrogens with one attached hydrogen (secondary N) is 2. The number of hydrazine groups is 1. The predicted molar refractivity (Wildman–Crippen MR) is 90.5 cm³/mol. The van der Waals surface area contributed by atoms with Gasteiger partial charge in [-0.1, -0.05) is 6.92 Å². The van der Waals surface area contributed by atoms with E-state index in [9.17, 15) is 9.59 Å². The summed E-state index contributed by atoms with van der Waals surface area (Å²) < 4.78 is 5.31. The molecule has 23 heavy (non-hydrogen) atoms. The third-order valence-corrected chi connectivity index (χ3v) is 5.50. The Balaban J connectivity index is 1.74. The summed E-state index contributed by atoms with van der Waals surface area (Å²) in [4.78, 5) is 27.9. The number of thiophene rings is 1. The van der Waals surface area contributed by atoms with Crippen molar-refractivity contribution in [1.82, 2.24) is 15.8 Å². The maximum absolute atomic E-state index is 12.1. The van der Waals surface area contributed by atoms with Gasteiger partial charge in [-0.15, -0.1) is 11.3 Å². The van der Waals surface area contributed by atoms with E-state index in [1.165, 1.54) is 16.2 Å². The second-order valence-corrected chi connectivity index (χ2v) is 6.92. The SMILES string of the molecule is CCc1sc(C(=O)NNC(=O)CN2CCC(OC)CC2)cc1C. The zero-order valence-corrected chi connectivity index (χ0v) is 14.8. The van der Waals surface area contributed by atoms with Crippen LogP contribution in [0.4, 0.5) is 0 Å². The Morgan fingerprint density at radius 2 is 2.04 bits per heavy atom. The quantitative estimate of drug-likeness (QED) is 0.798. The minimum absolute atomic E-state index is 0.196. The zero-order valence-electron chi connectivity index (χ0n) is 14.0. The van der Waals surface area contributed by atoms with Crippen LogP contribution in [0.5, 0.6) is 0 Å². The molecule has 6 nitrogen and oxygen atoms in total. The van der Waals surface area contributed by atoms with Crippen molar-refractivity contribution < 1.29 is 14.3 Å². The molecule has 0 unspecified atom stereocenters. The average molecular weight is 339 g/mol. The second kappa shape index (κ2) is 8.42. The van der Waals surface area contributed by atoms with E-state index in [0.717, 1.165) is 37.9 Å². The molecule has 0 spiro atoms. The monoisotopic (exact) mass is 339 g/mol. The van der Waals surface area contributed by atoms with Crippen molar-refractivity contribution in [2.45, 2.75) is 39.2 Å². The molecule has 0 atom stereocenters. The van der Waals surface area contributed by atoms with Gasteiger partial charge in [0.05, 0.1) is 17.5 Å². The first-order valence-electron chi connectivity index (χ1n) is 7.97. The van der Waals surface area contributed by atoms with Crippen molar-refractivity contribution in [3.63, 3.8) is 0 Å². The Hall–Kier alpha value is -1.44. The third kappa shape index (κ3) is 5.02. The molecule has 1 aromatic rings. The Morgan fingerprint density at radius 3 is 2.61 bits per heavy atom. The minimum atomic E-state index is -0.260. The molecule has 2 rings (SSSR count). The largest absolute Gasteiger partial charge is 0.381 e. The molecule has 128 valence electrons. The van der Waals surface area contributed by atoms with E-state index >= 15 is 0 Å². The van der Waals surface area contributed by atoms with Crippen LogP contribution in [-0.4, -0.2) is 49.6 Å². The lowest BCUT2D eigenvalue weighted by Crippen LogP contribution is -2.48. The first-order valence-corrected chi connectivity index (χ1v) is 8.78. The molecular formula is C16H25N3O3S. The van der Waals surface area contributed by atoms with Crippen LogP contribution in [0.1, 0.15) is 39.9 Å². The molecule has 0 bridgehead atoms. The summed E-state index contributed by atoms with van der Waals surface area (Å²) in [5.74, 6) is -0.456. The van der Waals surface area contributed by atoms with Crippen molar-refractivity contribution in [1.29, 1.82) is 0 Å². The number of aryl methyl sites for hydroxylation is 2. The van der Waals surface area contributed by atoms with Crippen molar-refractivity contribution >= 4 is 23.2 Å². The molecular weight excluding hydrogens is 314 g/mol. The van der Waals surface area contributed by atoms with Gasteiger partial charge in [-0.2, -0.15) is 0 Å². The van der Waals surface area contributed by atoms with Gasteiger partial charge < -0.3 is 4.74 Å². The van der Waals surface area contributed by atoms with Gasteiger partial charge in [-0.25, -0.2) is 0 Å². The van der Waals surface area contributed by atoms with Gasteiger partial charge in [-0.3, -0.25) is 25.3 Å². The summed E-state index contributed by atoms with van der Waals surface area (Å²) >= 11 is 1.47. The molecule has 1 fully saturated rings. The molecule has 2 amide bonds. The van der Waals surface area contributed by atoms with Crippen molar-refractivity contribution in [2.75, 3.05) is 26.7 Å². The topological polar surface area (TPSA) is 70.7 Å². The third-order valence-electron chi connectivity index (χ3n) is 4.12. The van der Waals surface area contributed by atoms with Gasteiger partial charge in [0.1, 0.15) is 0 Å². The van der Waals surface area contributed by atoms with Gasteiger partial charge in [0, 0.05) is 25.1 Å². The molecule has 1 aliphatic rings. The number of ether oxygens (including phenoxy) is 1. The van der Waals surface area contributed by atoms with Gasteiger partial charge >= 0.3 is 0 Å². The van der Waals surface area contributed by atoms with Gasteiger partial charge in [-0.05, 0) is 37.8 Å². The Labute approximate surface area is 141 Å². The van der Waals surface area contributed by atoms with Crippen molar-refractivity contribution in [3.05, 3.63) is 21.4 Å². The smallest absolute Gasteiger partial charge is 0.279 e. The summed E-state index contributed by atoms with van der Waals surface area (Å²) in [6.07, 6.45) is 3.08. The van der Waals surface area contributed by atoms with Crippen LogP contribution < -0.4 is 10.9 Å². The number of rotatable bonds is 5. The number of piperidine rings is 1. The number of likely N-dealkylation sites (tertiary alicyclic amines) is 1. The Bertz CT molecular complexity index is 551. The Morgan fingerprint density at radius 1 is 1.35 bits per heavy atom. The normalized spacial score (nSPS) is 16.3. The standard InChI is InChI=1S/C16H25N3O3S/c1-4-13-11(2)9-14(23-13)16(21)18-17-15(20)10-19-7-5-12(22-3)6-8-19/h9,12H,4-8,10H2,1-3H3,(H,17,20)(H,18,21). The molecule has 1 aliphatic heterocycles. The number of amides is 2. The first kappa shape index (κ1) is 17.9. The Kier molecular flexibility index (Phi) is 6.56. The highest BCUT2D eigenvalue weighted by atomic mass is 32.1. The van der Waals surface area contributed by atoms with E-state index < -0.39 is 0 Å². The highest BCUT2D eigenvalue weighted by molar-refractivity contribution is 7.14. The zero-order chi connectivity index (χ0) is 16.8. The highest BCUT2D eigenvalue weighted by Gasteiger charge is 2.20. The fourth-order valence-electron chi connectivity index (χ4n) is 2.72. The number of methoxy groups -OCH3 is 1. The second-order valence-electron chi connectivity index (χ2n) is 5.78. The fraction of sp³-hybridized carbons (Fsp3) is 0.625. The molecule has 1 aromatic heterocycles.